The van der Waals surface area contributed by atoms with E-state index in [1.54, 1.807) is 25.7 Å². The molecule has 0 aromatic carbocycles. The quantitative estimate of drug-likeness (QED) is 0.224. The van der Waals surface area contributed by atoms with Crippen LogP contribution in [0.5, 0.6) is 0 Å². The number of ketones is 2. The summed E-state index contributed by atoms with van der Waals surface area (Å²) in [4.78, 5) is 70.2. The van der Waals surface area contributed by atoms with Crippen LogP contribution < -0.4 is 10.6 Å². The number of amides is 3. The Kier molecular flexibility index (Phi) is 11.6. The van der Waals surface area contributed by atoms with Crippen LogP contribution in [0.15, 0.2) is 0 Å². The van der Waals surface area contributed by atoms with Crippen molar-refractivity contribution in [1.82, 2.24) is 15.5 Å². The summed E-state index contributed by atoms with van der Waals surface area (Å²) in [5, 5.41) is 5.63. The lowest BCUT2D eigenvalue weighted by Crippen LogP contribution is -2.56. The van der Waals surface area contributed by atoms with Crippen LogP contribution >= 0.6 is 0 Å². The third kappa shape index (κ3) is 8.96. The first-order chi connectivity index (χ1) is 22.5. The van der Waals surface area contributed by atoms with Crippen molar-refractivity contribution in [1.29, 1.82) is 0 Å². The number of piperidine rings is 1. The summed E-state index contributed by atoms with van der Waals surface area (Å²) in [6, 6.07) is -1.76. The number of unbranched alkanes of at least 4 members (excludes halogenated alkanes) is 1. The summed E-state index contributed by atoms with van der Waals surface area (Å²) >= 11 is 0. The van der Waals surface area contributed by atoms with Gasteiger partial charge in [-0.1, -0.05) is 73.6 Å². The van der Waals surface area contributed by atoms with E-state index in [2.05, 4.69) is 24.5 Å². The van der Waals surface area contributed by atoms with E-state index in [1.165, 1.54) is 0 Å². The average Bonchev–Trinajstić information content (AvgIpc) is 3.83. The Morgan fingerprint density at radius 2 is 1.55 bits per heavy atom. The first kappa shape index (κ1) is 39.5. The van der Waals surface area contributed by atoms with E-state index in [1.807, 2.05) is 27.7 Å². The Hall–Kier alpha value is -2.30. The highest BCUT2D eigenvalue weighted by molar-refractivity contribution is 7.92. The highest BCUT2D eigenvalue weighted by Gasteiger charge is 2.70. The zero-order valence-corrected chi connectivity index (χ0v) is 32.4. The normalized spacial score (nSPS) is 25.9. The Labute approximate surface area is 295 Å². The minimum Gasteiger partial charge on any atom is -0.347 e. The molecule has 3 amide bonds. The number of rotatable bonds is 15. The minimum absolute atomic E-state index is 0.0165. The molecular formula is C38H63N3O7S. The van der Waals surface area contributed by atoms with Crippen molar-refractivity contribution < 1.29 is 32.4 Å². The van der Waals surface area contributed by atoms with Crippen LogP contribution in [0.4, 0.5) is 0 Å². The average molecular weight is 706 g/mol. The van der Waals surface area contributed by atoms with E-state index in [0.29, 0.717) is 32.2 Å². The van der Waals surface area contributed by atoms with Crippen LogP contribution in [0.2, 0.25) is 0 Å². The van der Waals surface area contributed by atoms with Gasteiger partial charge in [0.2, 0.25) is 17.6 Å². The fourth-order valence-corrected chi connectivity index (χ4v) is 10.00. The lowest BCUT2D eigenvalue weighted by Gasteiger charge is -2.40. The van der Waals surface area contributed by atoms with Gasteiger partial charge in [0.15, 0.2) is 9.84 Å². The zero-order chi connectivity index (χ0) is 36.7. The molecule has 1 heterocycles. The molecule has 278 valence electrons. The second-order valence-electron chi connectivity index (χ2n) is 18.5. The molecule has 2 N–H and O–H groups in total. The first-order valence-corrected chi connectivity index (χ1v) is 20.4. The molecule has 1 saturated heterocycles. The van der Waals surface area contributed by atoms with Gasteiger partial charge in [0, 0.05) is 31.3 Å². The van der Waals surface area contributed by atoms with Crippen LogP contribution in [0.3, 0.4) is 0 Å². The summed E-state index contributed by atoms with van der Waals surface area (Å²) in [6.07, 6.45) is 7.68. The van der Waals surface area contributed by atoms with Gasteiger partial charge in [-0.15, -0.1) is 0 Å². The number of fused-ring (bicyclic) bond motifs is 1. The minimum atomic E-state index is -3.47. The Morgan fingerprint density at radius 1 is 0.939 bits per heavy atom. The summed E-state index contributed by atoms with van der Waals surface area (Å²) in [5.74, 6) is -2.85. The zero-order valence-electron chi connectivity index (χ0n) is 31.6. The van der Waals surface area contributed by atoms with Crippen molar-refractivity contribution in [3.05, 3.63) is 0 Å². The standard InChI is InChI=1S/C38H63N3O7S/c1-10-11-15-28(31(43)33(45)39-24-16-17-24)40-32(44)30-29-27(37(29,8)9)22-41(30)34(46)26(35(2,3)4)20-25(42)21-38(18-13-12-14-19-38)23-49(47,48)36(5,6)7/h24,26-30H,10-23H2,1-9H3,(H,39,45)(H,40,44)/t26-,27+,28+,29+,30+/m1/s1. The summed E-state index contributed by atoms with van der Waals surface area (Å²) in [7, 11) is -3.47. The molecular weight excluding hydrogens is 642 g/mol. The molecule has 4 fully saturated rings. The molecule has 0 bridgehead atoms. The molecule has 3 aliphatic carbocycles. The summed E-state index contributed by atoms with van der Waals surface area (Å²) < 4.78 is 25.8. The predicted octanol–water partition coefficient (Wildman–Crippen LogP) is 5.17. The molecule has 0 spiro atoms. The van der Waals surface area contributed by atoms with Crippen LogP contribution in [0.25, 0.3) is 0 Å². The molecule has 1 aliphatic heterocycles. The number of carbonyl (C=O) groups excluding carboxylic acids is 5. The molecule has 4 rings (SSSR count). The molecule has 11 heteroatoms. The maximum Gasteiger partial charge on any atom is 0.289 e. The van der Waals surface area contributed by atoms with E-state index in [4.69, 9.17) is 0 Å². The number of nitrogens with one attached hydrogen (secondary N) is 2. The van der Waals surface area contributed by atoms with E-state index < -0.39 is 61.0 Å². The molecule has 0 aromatic heterocycles. The van der Waals surface area contributed by atoms with Gasteiger partial charge >= 0.3 is 0 Å². The number of carbonyl (C=O) groups is 5. The number of sulfone groups is 1. The van der Waals surface area contributed by atoms with Crippen molar-refractivity contribution in [3.8, 4) is 0 Å². The van der Waals surface area contributed by atoms with Crippen LogP contribution in [0, 0.1) is 34.0 Å². The van der Waals surface area contributed by atoms with Crippen LogP contribution in [-0.2, 0) is 33.8 Å². The molecule has 10 nitrogen and oxygen atoms in total. The van der Waals surface area contributed by atoms with Gasteiger partial charge in [-0.2, -0.15) is 0 Å². The fourth-order valence-electron chi connectivity index (χ4n) is 8.37. The second kappa shape index (κ2) is 14.4. The van der Waals surface area contributed by atoms with E-state index in [0.717, 1.165) is 38.5 Å². The van der Waals surface area contributed by atoms with Gasteiger partial charge in [0.05, 0.1) is 16.5 Å². The van der Waals surface area contributed by atoms with Crippen molar-refractivity contribution in [2.24, 2.45) is 34.0 Å². The Morgan fingerprint density at radius 3 is 2.08 bits per heavy atom. The maximum absolute atomic E-state index is 14.5. The molecule has 5 atom stereocenters. The molecule has 0 unspecified atom stereocenters. The molecule has 3 saturated carbocycles. The molecule has 0 radical (unpaired) electrons. The van der Waals surface area contributed by atoms with Gasteiger partial charge in [-0.05, 0) is 81.0 Å². The summed E-state index contributed by atoms with van der Waals surface area (Å²) in [6.45, 7) is 17.4. The van der Waals surface area contributed by atoms with E-state index in [9.17, 15) is 32.4 Å². The Balaban J connectivity index is 1.54. The van der Waals surface area contributed by atoms with Gasteiger partial charge in [0.1, 0.15) is 11.8 Å². The molecule has 0 aromatic rings. The lowest BCUT2D eigenvalue weighted by molar-refractivity contribution is -0.149. The topological polar surface area (TPSA) is 147 Å². The van der Waals surface area contributed by atoms with E-state index in [-0.39, 0.29) is 53.6 Å². The number of likely N-dealkylation sites (tertiary alicyclic amines) is 1. The molecule has 49 heavy (non-hydrogen) atoms. The largest absolute Gasteiger partial charge is 0.347 e. The lowest BCUT2D eigenvalue weighted by atomic mass is 9.70. The summed E-state index contributed by atoms with van der Waals surface area (Å²) in [5.41, 5.74) is -1.40. The second-order valence-corrected chi connectivity index (χ2v) is 21.2. The third-order valence-corrected chi connectivity index (χ3v) is 14.9. The van der Waals surface area contributed by atoms with Crippen molar-refractivity contribution in [2.75, 3.05) is 12.3 Å². The maximum atomic E-state index is 14.5. The van der Waals surface area contributed by atoms with Crippen molar-refractivity contribution in [2.45, 2.75) is 162 Å². The van der Waals surface area contributed by atoms with Gasteiger partial charge in [-0.3, -0.25) is 24.0 Å². The van der Waals surface area contributed by atoms with Gasteiger partial charge in [0.25, 0.3) is 5.91 Å². The molecule has 4 aliphatic rings. The monoisotopic (exact) mass is 705 g/mol. The highest BCUT2D eigenvalue weighted by atomic mass is 32.2. The van der Waals surface area contributed by atoms with Crippen molar-refractivity contribution in [3.63, 3.8) is 0 Å². The number of nitrogens with zero attached hydrogens (tertiary/aromatic N) is 1. The van der Waals surface area contributed by atoms with E-state index >= 15 is 0 Å². The van der Waals surface area contributed by atoms with Crippen LogP contribution in [-0.4, -0.2) is 77.8 Å². The number of Topliss-reactive ketones (excluding diaryl/α,β-unsaturated/α-hetero) is 2. The van der Waals surface area contributed by atoms with Crippen LogP contribution in [0.1, 0.15) is 139 Å². The first-order valence-electron chi connectivity index (χ1n) is 18.7. The number of hydrogen-bond donors (Lipinski definition) is 2. The SMILES string of the molecule is CCCC[C@H](NC(=O)[C@@H]1[C@@H]2[C@H](CN1C(=O)[C@@H](CC(=O)CC1(CS(=O)(=O)C(C)(C)C)CCCCC1)C(C)(C)C)C2(C)C)C(=O)C(=O)NC1CC1. The smallest absolute Gasteiger partial charge is 0.289 e. The van der Waals surface area contributed by atoms with Crippen molar-refractivity contribution >= 4 is 39.1 Å². The van der Waals surface area contributed by atoms with Gasteiger partial charge in [-0.25, -0.2) is 8.42 Å². The number of hydrogen-bond acceptors (Lipinski definition) is 7. The predicted molar refractivity (Wildman–Crippen MR) is 190 cm³/mol. The highest BCUT2D eigenvalue weighted by Crippen LogP contribution is 2.65. The fraction of sp³-hybridized carbons (Fsp3) is 0.868. The third-order valence-electron chi connectivity index (χ3n) is 12.1. The Bertz CT molecular complexity index is 1400. The van der Waals surface area contributed by atoms with Gasteiger partial charge < -0.3 is 15.5 Å².